The number of aryl methyl sites for hydroxylation is 1. The molecule has 2 aromatic carbocycles. The monoisotopic (exact) mass is 458 g/mol. The molecule has 6 nitrogen and oxygen atoms in total. The van der Waals surface area contributed by atoms with Gasteiger partial charge in [0.05, 0.1) is 11.1 Å². The van der Waals surface area contributed by atoms with Crippen molar-refractivity contribution in [3.05, 3.63) is 70.9 Å². The summed E-state index contributed by atoms with van der Waals surface area (Å²) >= 11 is 0. The summed E-state index contributed by atoms with van der Waals surface area (Å²) < 4.78 is 5.49. The zero-order valence-electron chi connectivity index (χ0n) is 20.1. The van der Waals surface area contributed by atoms with Crippen molar-refractivity contribution in [3.63, 3.8) is 0 Å². The van der Waals surface area contributed by atoms with Crippen LogP contribution in [0.5, 0.6) is 0 Å². The molecule has 0 saturated heterocycles. The van der Waals surface area contributed by atoms with E-state index in [4.69, 9.17) is 9.72 Å². The largest absolute Gasteiger partial charge is 0.452 e. The molecule has 1 atom stereocenters. The molecular formula is C28H30N2O4. The predicted molar refractivity (Wildman–Crippen MR) is 132 cm³/mol. The Morgan fingerprint density at radius 2 is 1.85 bits per heavy atom. The molecule has 0 bridgehead atoms. The van der Waals surface area contributed by atoms with Crippen molar-refractivity contribution < 1.29 is 19.1 Å². The van der Waals surface area contributed by atoms with E-state index in [0.717, 1.165) is 41.4 Å². The summed E-state index contributed by atoms with van der Waals surface area (Å²) in [4.78, 5) is 42.2. The van der Waals surface area contributed by atoms with Crippen molar-refractivity contribution in [1.29, 1.82) is 0 Å². The van der Waals surface area contributed by atoms with Gasteiger partial charge in [-0.1, -0.05) is 51.1 Å². The second-order valence-corrected chi connectivity index (χ2v) is 10.00. The van der Waals surface area contributed by atoms with Crippen molar-refractivity contribution in [1.82, 2.24) is 4.98 Å². The Kier molecular flexibility index (Phi) is 6.51. The molecule has 176 valence electrons. The second kappa shape index (κ2) is 9.37. The van der Waals surface area contributed by atoms with E-state index >= 15 is 0 Å². The lowest BCUT2D eigenvalue weighted by molar-refractivity contribution is -0.119. The summed E-state index contributed by atoms with van der Waals surface area (Å²) in [6.45, 7) is 7.71. The number of anilines is 1. The smallest absolute Gasteiger partial charge is 0.339 e. The van der Waals surface area contributed by atoms with E-state index in [1.807, 2.05) is 24.3 Å². The van der Waals surface area contributed by atoms with Gasteiger partial charge in [0, 0.05) is 22.3 Å². The molecule has 1 N–H and O–H groups in total. The maximum atomic E-state index is 13.3. The van der Waals surface area contributed by atoms with Gasteiger partial charge in [0.2, 0.25) is 0 Å². The first kappa shape index (κ1) is 23.6. The Hall–Kier alpha value is -3.54. The fourth-order valence-electron chi connectivity index (χ4n) is 4.58. The molecule has 1 aliphatic carbocycles. The van der Waals surface area contributed by atoms with Crippen LogP contribution in [0.3, 0.4) is 0 Å². The molecule has 0 fully saturated rings. The summed E-state index contributed by atoms with van der Waals surface area (Å²) in [7, 11) is 0. The van der Waals surface area contributed by atoms with E-state index < -0.39 is 18.5 Å². The number of hydrogen-bond acceptors (Lipinski definition) is 5. The first-order chi connectivity index (χ1) is 16.1. The van der Waals surface area contributed by atoms with Gasteiger partial charge >= 0.3 is 5.97 Å². The lowest BCUT2D eigenvalue weighted by Gasteiger charge is -2.35. The Bertz CT molecular complexity index is 1270. The maximum absolute atomic E-state index is 13.3. The molecular weight excluding hydrogens is 428 g/mol. The molecule has 1 aromatic heterocycles. The fourth-order valence-corrected chi connectivity index (χ4v) is 4.58. The van der Waals surface area contributed by atoms with Gasteiger partial charge in [-0.05, 0) is 61.3 Å². The lowest BCUT2D eigenvalue weighted by atomic mass is 9.70. The molecule has 1 amide bonds. The summed E-state index contributed by atoms with van der Waals surface area (Å²) in [5, 5.41) is 3.44. The standard InChI is InChI=1S/C28H30N2O4/c1-17(31)18-8-7-9-20(14-18)29-25(32)16-34-27(33)26-21-10-5-6-11-23(21)30-24-13-12-19(15-22(24)26)28(2,3)4/h5-11,14,19H,12-13,15-16H2,1-4H3,(H,29,32). The van der Waals surface area contributed by atoms with Crippen LogP contribution in [0.1, 0.15) is 66.1 Å². The Labute approximate surface area is 199 Å². The highest BCUT2D eigenvalue weighted by Gasteiger charge is 2.33. The van der Waals surface area contributed by atoms with Crippen molar-refractivity contribution in [2.75, 3.05) is 11.9 Å². The number of nitrogens with zero attached hydrogens (tertiary/aromatic N) is 1. The first-order valence-electron chi connectivity index (χ1n) is 11.6. The average Bonchev–Trinajstić information content (AvgIpc) is 2.80. The quantitative estimate of drug-likeness (QED) is 0.410. The number of ether oxygens (including phenoxy) is 1. The van der Waals surface area contributed by atoms with E-state index in [1.54, 1.807) is 24.3 Å². The molecule has 0 aliphatic heterocycles. The zero-order chi connectivity index (χ0) is 24.5. The minimum atomic E-state index is -0.517. The molecule has 0 spiro atoms. The zero-order valence-corrected chi connectivity index (χ0v) is 20.1. The van der Waals surface area contributed by atoms with Crippen LogP contribution in [0.15, 0.2) is 48.5 Å². The van der Waals surface area contributed by atoms with Gasteiger partial charge in [-0.3, -0.25) is 14.6 Å². The van der Waals surface area contributed by atoms with Crippen LogP contribution in [0, 0.1) is 11.3 Å². The summed E-state index contributed by atoms with van der Waals surface area (Å²) in [5.74, 6) is -0.650. The summed E-state index contributed by atoms with van der Waals surface area (Å²) in [5.41, 5.74) is 4.24. The number of fused-ring (bicyclic) bond motifs is 2. The highest BCUT2D eigenvalue weighted by Crippen LogP contribution is 2.39. The number of benzene rings is 2. The van der Waals surface area contributed by atoms with Crippen molar-refractivity contribution >= 4 is 34.3 Å². The van der Waals surface area contributed by atoms with Gasteiger partial charge in [-0.2, -0.15) is 0 Å². The Balaban J connectivity index is 1.57. The van der Waals surface area contributed by atoms with E-state index in [0.29, 0.717) is 22.7 Å². The fraction of sp³-hybridized carbons (Fsp3) is 0.357. The Morgan fingerprint density at radius 3 is 2.59 bits per heavy atom. The van der Waals surface area contributed by atoms with Crippen LogP contribution in [-0.2, 0) is 22.4 Å². The average molecular weight is 459 g/mol. The second-order valence-electron chi connectivity index (χ2n) is 10.00. The number of aromatic nitrogens is 1. The third kappa shape index (κ3) is 5.01. The minimum absolute atomic E-state index is 0.0922. The SMILES string of the molecule is CC(=O)c1cccc(NC(=O)COC(=O)c2c3c(nc4ccccc24)CCC(C(C)(C)C)C3)c1. The summed E-state index contributed by atoms with van der Waals surface area (Å²) in [6, 6.07) is 14.2. The number of nitrogens with one attached hydrogen (secondary N) is 1. The molecule has 0 radical (unpaired) electrons. The molecule has 4 rings (SSSR count). The number of Topliss-reactive ketones (excluding diaryl/α,β-unsaturated/α-hetero) is 1. The number of esters is 1. The summed E-state index contributed by atoms with van der Waals surface area (Å²) in [6.07, 6.45) is 2.60. The highest BCUT2D eigenvalue weighted by atomic mass is 16.5. The number of hydrogen-bond donors (Lipinski definition) is 1. The number of carbonyl (C=O) groups excluding carboxylic acids is 3. The highest BCUT2D eigenvalue weighted by molar-refractivity contribution is 6.06. The van der Waals surface area contributed by atoms with Crippen LogP contribution in [-0.4, -0.2) is 29.3 Å². The van der Waals surface area contributed by atoms with Gasteiger partial charge in [0.15, 0.2) is 12.4 Å². The molecule has 6 heteroatoms. The number of amides is 1. The van der Waals surface area contributed by atoms with Crippen molar-refractivity contribution in [2.45, 2.75) is 47.0 Å². The number of para-hydroxylation sites is 1. The molecule has 1 aliphatic rings. The first-order valence-corrected chi connectivity index (χ1v) is 11.6. The third-order valence-electron chi connectivity index (χ3n) is 6.58. The molecule has 1 heterocycles. The van der Waals surface area contributed by atoms with Gasteiger partial charge in [-0.15, -0.1) is 0 Å². The van der Waals surface area contributed by atoms with E-state index in [-0.39, 0.29) is 11.2 Å². The molecule has 34 heavy (non-hydrogen) atoms. The van der Waals surface area contributed by atoms with Crippen LogP contribution in [0.4, 0.5) is 5.69 Å². The van der Waals surface area contributed by atoms with Crippen molar-refractivity contribution in [3.8, 4) is 0 Å². The van der Waals surface area contributed by atoms with E-state index in [9.17, 15) is 14.4 Å². The van der Waals surface area contributed by atoms with Gasteiger partial charge in [-0.25, -0.2) is 4.79 Å². The van der Waals surface area contributed by atoms with Crippen LogP contribution < -0.4 is 5.32 Å². The number of ketones is 1. The topological polar surface area (TPSA) is 85.4 Å². The van der Waals surface area contributed by atoms with Crippen LogP contribution in [0.2, 0.25) is 0 Å². The number of pyridine rings is 1. The van der Waals surface area contributed by atoms with Gasteiger partial charge < -0.3 is 10.1 Å². The lowest BCUT2D eigenvalue weighted by Crippen LogP contribution is -2.29. The van der Waals surface area contributed by atoms with Crippen LogP contribution >= 0.6 is 0 Å². The van der Waals surface area contributed by atoms with Crippen molar-refractivity contribution in [2.24, 2.45) is 11.3 Å². The Morgan fingerprint density at radius 1 is 1.09 bits per heavy atom. The van der Waals surface area contributed by atoms with Gasteiger partial charge in [0.1, 0.15) is 0 Å². The molecule has 3 aromatic rings. The third-order valence-corrected chi connectivity index (χ3v) is 6.58. The molecule has 0 saturated carbocycles. The number of carbonyl (C=O) groups is 3. The van der Waals surface area contributed by atoms with Gasteiger partial charge in [0.25, 0.3) is 5.91 Å². The number of rotatable bonds is 5. The molecule has 1 unspecified atom stereocenters. The predicted octanol–water partition coefficient (Wildman–Crippen LogP) is 5.38. The van der Waals surface area contributed by atoms with E-state index in [1.165, 1.54) is 6.92 Å². The maximum Gasteiger partial charge on any atom is 0.339 e. The minimum Gasteiger partial charge on any atom is -0.452 e. The van der Waals surface area contributed by atoms with Crippen LogP contribution in [0.25, 0.3) is 10.9 Å². The van der Waals surface area contributed by atoms with E-state index in [2.05, 4.69) is 26.1 Å². The normalized spacial score (nSPS) is 15.5.